The molecule has 0 fully saturated rings. The third-order valence-electron chi connectivity index (χ3n) is 2.28. The van der Waals surface area contributed by atoms with E-state index in [1.807, 2.05) is 34.6 Å². The monoisotopic (exact) mass is 257 g/mol. The first-order valence-corrected chi connectivity index (χ1v) is 6.44. The molecule has 0 bridgehead atoms. The van der Waals surface area contributed by atoms with E-state index in [9.17, 15) is 14.4 Å². The molecule has 0 aliphatic rings. The van der Waals surface area contributed by atoms with Gasteiger partial charge in [-0.15, -0.1) is 0 Å². The Balaban J connectivity index is 0. The van der Waals surface area contributed by atoms with Crippen LogP contribution in [0.15, 0.2) is 0 Å². The normalized spacial score (nSPS) is 11.9. The van der Waals surface area contributed by atoms with Gasteiger partial charge in [-0.2, -0.15) is 0 Å². The van der Waals surface area contributed by atoms with Crippen LogP contribution in [0.4, 0.5) is 0 Å². The number of ketones is 2. The molecule has 4 nitrogen and oxygen atoms in total. The van der Waals surface area contributed by atoms with Crippen molar-refractivity contribution in [2.45, 2.75) is 67.3 Å². The maximum absolute atomic E-state index is 11.5. The molecule has 0 aromatic heterocycles. The SMILES string of the molecule is CC.CC(=O)CCC(=O)NC(C(C)=O)C(C)(C)C. The van der Waals surface area contributed by atoms with Crippen molar-refractivity contribution in [3.8, 4) is 0 Å². The van der Waals surface area contributed by atoms with Crippen LogP contribution in [-0.4, -0.2) is 23.5 Å². The Morgan fingerprint density at radius 1 is 1.00 bits per heavy atom. The largest absolute Gasteiger partial charge is 0.346 e. The van der Waals surface area contributed by atoms with E-state index in [-0.39, 0.29) is 35.7 Å². The minimum atomic E-state index is -0.494. The average molecular weight is 257 g/mol. The van der Waals surface area contributed by atoms with E-state index < -0.39 is 6.04 Å². The Hall–Kier alpha value is -1.19. The van der Waals surface area contributed by atoms with E-state index in [2.05, 4.69) is 5.32 Å². The minimum Gasteiger partial charge on any atom is -0.346 e. The quantitative estimate of drug-likeness (QED) is 0.823. The number of carbonyl (C=O) groups excluding carboxylic acids is 3. The molecule has 0 aliphatic heterocycles. The smallest absolute Gasteiger partial charge is 0.221 e. The van der Waals surface area contributed by atoms with Gasteiger partial charge in [0.1, 0.15) is 5.78 Å². The molecular weight excluding hydrogens is 230 g/mol. The van der Waals surface area contributed by atoms with Gasteiger partial charge in [0.05, 0.1) is 6.04 Å². The van der Waals surface area contributed by atoms with Crippen LogP contribution in [0.5, 0.6) is 0 Å². The second-order valence-corrected chi connectivity index (χ2v) is 5.18. The zero-order chi connectivity index (χ0) is 14.9. The first kappa shape index (κ1) is 19.2. The lowest BCUT2D eigenvalue weighted by molar-refractivity contribution is -0.130. The molecule has 0 rings (SSSR count). The van der Waals surface area contributed by atoms with E-state index in [1.54, 1.807) is 0 Å². The molecule has 0 aromatic carbocycles. The van der Waals surface area contributed by atoms with Crippen molar-refractivity contribution in [3.63, 3.8) is 0 Å². The molecule has 0 saturated carbocycles. The van der Waals surface area contributed by atoms with Gasteiger partial charge in [-0.3, -0.25) is 9.59 Å². The summed E-state index contributed by atoms with van der Waals surface area (Å²) in [5.74, 6) is -0.334. The highest BCUT2D eigenvalue weighted by atomic mass is 16.2. The average Bonchev–Trinajstić information content (AvgIpc) is 2.23. The van der Waals surface area contributed by atoms with Crippen LogP contribution in [-0.2, 0) is 14.4 Å². The number of hydrogen-bond acceptors (Lipinski definition) is 3. The summed E-state index contributed by atoms with van der Waals surface area (Å²) < 4.78 is 0. The minimum absolute atomic E-state index is 0.0229. The van der Waals surface area contributed by atoms with Crippen LogP contribution < -0.4 is 5.32 Å². The van der Waals surface area contributed by atoms with Crippen molar-refractivity contribution < 1.29 is 14.4 Å². The maximum atomic E-state index is 11.5. The van der Waals surface area contributed by atoms with Gasteiger partial charge in [0.25, 0.3) is 0 Å². The van der Waals surface area contributed by atoms with Gasteiger partial charge in [-0.05, 0) is 19.3 Å². The summed E-state index contributed by atoms with van der Waals surface area (Å²) in [7, 11) is 0. The number of rotatable bonds is 5. The molecule has 0 aliphatic carbocycles. The molecule has 1 amide bonds. The molecule has 1 N–H and O–H groups in total. The summed E-state index contributed by atoms with van der Waals surface area (Å²) in [5, 5.41) is 2.67. The van der Waals surface area contributed by atoms with Crippen LogP contribution >= 0.6 is 0 Å². The fourth-order valence-corrected chi connectivity index (χ4v) is 1.45. The summed E-state index contributed by atoms with van der Waals surface area (Å²) in [5.41, 5.74) is -0.308. The van der Waals surface area contributed by atoms with Crippen molar-refractivity contribution in [1.82, 2.24) is 5.32 Å². The molecular formula is C14H27NO3. The molecule has 1 atom stereocenters. The predicted molar refractivity (Wildman–Crippen MR) is 73.3 cm³/mol. The van der Waals surface area contributed by atoms with Crippen molar-refractivity contribution in [2.75, 3.05) is 0 Å². The lowest BCUT2D eigenvalue weighted by Crippen LogP contribution is -2.48. The summed E-state index contributed by atoms with van der Waals surface area (Å²) >= 11 is 0. The van der Waals surface area contributed by atoms with Crippen molar-refractivity contribution >= 4 is 17.5 Å². The summed E-state index contributed by atoms with van der Waals surface area (Å²) in [6, 6.07) is -0.494. The van der Waals surface area contributed by atoms with Gasteiger partial charge in [-0.25, -0.2) is 0 Å². The lowest BCUT2D eigenvalue weighted by atomic mass is 9.84. The third kappa shape index (κ3) is 8.90. The third-order valence-corrected chi connectivity index (χ3v) is 2.28. The number of Topliss-reactive ketones (excluding diaryl/α,β-unsaturated/α-hetero) is 2. The summed E-state index contributed by atoms with van der Waals surface area (Å²) in [4.78, 5) is 33.6. The van der Waals surface area contributed by atoms with E-state index in [4.69, 9.17) is 0 Å². The van der Waals surface area contributed by atoms with E-state index >= 15 is 0 Å². The van der Waals surface area contributed by atoms with Gasteiger partial charge >= 0.3 is 0 Å². The number of carbonyl (C=O) groups is 3. The molecule has 1 unspecified atom stereocenters. The number of nitrogens with one attached hydrogen (secondary N) is 1. The highest BCUT2D eigenvalue weighted by Gasteiger charge is 2.29. The Bertz CT molecular complexity index is 290. The highest BCUT2D eigenvalue weighted by Crippen LogP contribution is 2.20. The molecule has 18 heavy (non-hydrogen) atoms. The first-order chi connectivity index (χ1) is 8.14. The van der Waals surface area contributed by atoms with E-state index in [0.29, 0.717) is 0 Å². The van der Waals surface area contributed by atoms with E-state index in [0.717, 1.165) is 0 Å². The van der Waals surface area contributed by atoms with Crippen molar-refractivity contribution in [3.05, 3.63) is 0 Å². The number of amides is 1. The molecule has 0 spiro atoms. The second kappa shape index (κ2) is 8.84. The number of hydrogen-bond donors (Lipinski definition) is 1. The Kier molecular flexibility index (Phi) is 9.40. The second-order valence-electron chi connectivity index (χ2n) is 5.18. The van der Waals surface area contributed by atoms with Crippen LogP contribution in [0.1, 0.15) is 61.3 Å². The zero-order valence-corrected chi connectivity index (χ0v) is 12.7. The van der Waals surface area contributed by atoms with Crippen molar-refractivity contribution in [2.24, 2.45) is 5.41 Å². The van der Waals surface area contributed by atoms with Crippen LogP contribution in [0.3, 0.4) is 0 Å². The zero-order valence-electron chi connectivity index (χ0n) is 12.7. The summed E-state index contributed by atoms with van der Waals surface area (Å²) in [6.07, 6.45) is 0.371. The van der Waals surface area contributed by atoms with Gasteiger partial charge in [0.15, 0.2) is 5.78 Å². The van der Waals surface area contributed by atoms with Gasteiger partial charge in [0.2, 0.25) is 5.91 Å². The Morgan fingerprint density at radius 3 is 1.72 bits per heavy atom. The predicted octanol–water partition coefficient (Wildman–Crippen LogP) is 2.50. The molecule has 0 saturated heterocycles. The first-order valence-electron chi connectivity index (χ1n) is 6.44. The highest BCUT2D eigenvalue weighted by molar-refractivity contribution is 5.89. The molecule has 0 heterocycles. The van der Waals surface area contributed by atoms with Crippen LogP contribution in [0.2, 0.25) is 0 Å². The van der Waals surface area contributed by atoms with Gasteiger partial charge in [-0.1, -0.05) is 34.6 Å². The molecule has 106 valence electrons. The van der Waals surface area contributed by atoms with Gasteiger partial charge < -0.3 is 10.1 Å². The fraction of sp³-hybridized carbons (Fsp3) is 0.786. The molecule has 4 heteroatoms. The van der Waals surface area contributed by atoms with E-state index in [1.165, 1.54) is 13.8 Å². The molecule has 0 radical (unpaired) electrons. The van der Waals surface area contributed by atoms with Gasteiger partial charge in [0, 0.05) is 12.8 Å². The maximum Gasteiger partial charge on any atom is 0.221 e. The lowest BCUT2D eigenvalue weighted by Gasteiger charge is -2.29. The van der Waals surface area contributed by atoms with Crippen LogP contribution in [0, 0.1) is 5.41 Å². The standard InChI is InChI=1S/C12H21NO3.C2H6/c1-8(14)6-7-10(16)13-11(9(2)15)12(3,4)5;1-2/h11H,6-7H2,1-5H3,(H,13,16);1-2H3. The Morgan fingerprint density at radius 2 is 1.44 bits per heavy atom. The topological polar surface area (TPSA) is 63.2 Å². The molecule has 0 aromatic rings. The van der Waals surface area contributed by atoms with Crippen LogP contribution in [0.25, 0.3) is 0 Å². The van der Waals surface area contributed by atoms with Crippen molar-refractivity contribution in [1.29, 1.82) is 0 Å². The fourth-order valence-electron chi connectivity index (χ4n) is 1.45. The Labute approximate surface area is 111 Å². The summed E-state index contributed by atoms with van der Waals surface area (Å²) in [6.45, 7) is 12.6.